The summed E-state index contributed by atoms with van der Waals surface area (Å²) >= 11 is 0. The van der Waals surface area contributed by atoms with Crippen LogP contribution in [0.5, 0.6) is 5.75 Å². The topological polar surface area (TPSA) is 79.5 Å². The summed E-state index contributed by atoms with van der Waals surface area (Å²) in [6.45, 7) is 2.88. The zero-order valence-electron chi connectivity index (χ0n) is 15.2. The van der Waals surface area contributed by atoms with Crippen LogP contribution in [0.1, 0.15) is 18.9 Å². The van der Waals surface area contributed by atoms with Crippen molar-refractivity contribution in [2.45, 2.75) is 19.8 Å². The molecule has 26 heavy (non-hydrogen) atoms. The monoisotopic (exact) mass is 355 g/mol. The fourth-order valence-corrected chi connectivity index (χ4v) is 2.42. The summed E-state index contributed by atoms with van der Waals surface area (Å²) in [6.07, 6.45) is 1.30. The van der Waals surface area contributed by atoms with Crippen LogP contribution in [-0.2, 0) is 16.0 Å². The van der Waals surface area contributed by atoms with E-state index in [9.17, 15) is 9.59 Å². The van der Waals surface area contributed by atoms with Crippen molar-refractivity contribution in [3.05, 3.63) is 54.1 Å². The first kappa shape index (κ1) is 19.5. The van der Waals surface area contributed by atoms with Gasteiger partial charge in [-0.1, -0.05) is 12.1 Å². The Morgan fingerprint density at radius 2 is 1.50 bits per heavy atom. The normalized spacial score (nSPS) is 10.2. The van der Waals surface area contributed by atoms with Gasteiger partial charge in [-0.25, -0.2) is 0 Å². The van der Waals surface area contributed by atoms with Crippen molar-refractivity contribution in [2.24, 2.45) is 0 Å². The van der Waals surface area contributed by atoms with Crippen LogP contribution in [0, 0.1) is 0 Å². The smallest absolute Gasteiger partial charge is 0.225 e. The minimum absolute atomic E-state index is 0.0470. The van der Waals surface area contributed by atoms with E-state index in [4.69, 9.17) is 4.74 Å². The van der Waals surface area contributed by atoms with Crippen molar-refractivity contribution in [2.75, 3.05) is 30.8 Å². The van der Waals surface area contributed by atoms with Crippen molar-refractivity contribution in [1.29, 1.82) is 0 Å². The van der Waals surface area contributed by atoms with E-state index in [1.807, 2.05) is 24.3 Å². The molecule has 0 aliphatic carbocycles. The van der Waals surface area contributed by atoms with Crippen LogP contribution in [0.15, 0.2) is 48.5 Å². The molecule has 138 valence electrons. The third kappa shape index (κ3) is 6.94. The Balaban J connectivity index is 1.63. The molecule has 0 heterocycles. The van der Waals surface area contributed by atoms with Gasteiger partial charge in [-0.05, 0) is 54.9 Å². The Hall–Kier alpha value is -2.86. The fraction of sp³-hybridized carbons (Fsp3) is 0.300. The summed E-state index contributed by atoms with van der Waals surface area (Å²) in [4.78, 5) is 22.9. The number of benzene rings is 2. The fourth-order valence-electron chi connectivity index (χ4n) is 2.42. The first-order valence-corrected chi connectivity index (χ1v) is 8.58. The van der Waals surface area contributed by atoms with Crippen LogP contribution in [0.3, 0.4) is 0 Å². The summed E-state index contributed by atoms with van der Waals surface area (Å²) in [5.41, 5.74) is 2.64. The molecule has 0 aliphatic heterocycles. The van der Waals surface area contributed by atoms with E-state index in [2.05, 4.69) is 16.0 Å². The van der Waals surface area contributed by atoms with Gasteiger partial charge in [0.05, 0.1) is 7.11 Å². The van der Waals surface area contributed by atoms with Crippen LogP contribution in [0.25, 0.3) is 0 Å². The number of amides is 2. The number of carbonyl (C=O) groups excluding carboxylic acids is 2. The van der Waals surface area contributed by atoms with Gasteiger partial charge in [-0.15, -0.1) is 0 Å². The van der Waals surface area contributed by atoms with Crippen molar-refractivity contribution in [3.63, 3.8) is 0 Å². The minimum Gasteiger partial charge on any atom is -0.497 e. The molecular weight excluding hydrogens is 330 g/mol. The molecule has 0 unspecified atom stereocenters. The largest absolute Gasteiger partial charge is 0.497 e. The first-order chi connectivity index (χ1) is 12.6. The van der Waals surface area contributed by atoms with E-state index in [0.29, 0.717) is 24.3 Å². The third-order valence-electron chi connectivity index (χ3n) is 3.77. The summed E-state index contributed by atoms with van der Waals surface area (Å²) < 4.78 is 5.13. The molecule has 0 saturated carbocycles. The van der Waals surface area contributed by atoms with Gasteiger partial charge < -0.3 is 20.7 Å². The quantitative estimate of drug-likeness (QED) is 0.604. The van der Waals surface area contributed by atoms with Gasteiger partial charge in [0.1, 0.15) is 5.75 Å². The van der Waals surface area contributed by atoms with Gasteiger partial charge in [0, 0.05) is 31.3 Å². The van der Waals surface area contributed by atoms with Gasteiger partial charge >= 0.3 is 0 Å². The van der Waals surface area contributed by atoms with Crippen molar-refractivity contribution in [1.82, 2.24) is 5.32 Å². The van der Waals surface area contributed by atoms with Gasteiger partial charge in [0.2, 0.25) is 11.8 Å². The third-order valence-corrected chi connectivity index (χ3v) is 3.77. The molecule has 2 rings (SSSR count). The van der Waals surface area contributed by atoms with Crippen molar-refractivity contribution in [3.8, 4) is 5.75 Å². The maximum Gasteiger partial charge on any atom is 0.225 e. The highest BCUT2D eigenvalue weighted by Gasteiger charge is 2.03. The lowest BCUT2D eigenvalue weighted by atomic mass is 10.1. The Bertz CT molecular complexity index is 712. The Kier molecular flexibility index (Phi) is 7.64. The molecule has 0 atom stereocenters. The van der Waals surface area contributed by atoms with E-state index in [-0.39, 0.29) is 11.8 Å². The number of nitrogens with one attached hydrogen (secondary N) is 3. The lowest BCUT2D eigenvalue weighted by Gasteiger charge is -2.08. The Labute approximate surface area is 153 Å². The first-order valence-electron chi connectivity index (χ1n) is 8.58. The molecule has 0 fully saturated rings. The predicted molar refractivity (Wildman–Crippen MR) is 104 cm³/mol. The van der Waals surface area contributed by atoms with Gasteiger partial charge in [-0.3, -0.25) is 9.59 Å². The van der Waals surface area contributed by atoms with Crippen LogP contribution in [0.2, 0.25) is 0 Å². The van der Waals surface area contributed by atoms with E-state index in [1.54, 1.807) is 31.4 Å². The molecule has 2 aromatic rings. The highest BCUT2D eigenvalue weighted by atomic mass is 16.5. The van der Waals surface area contributed by atoms with Crippen molar-refractivity contribution >= 4 is 23.2 Å². The molecule has 0 aromatic heterocycles. The molecule has 0 bridgehead atoms. The maximum absolute atomic E-state index is 11.9. The molecule has 6 nitrogen and oxygen atoms in total. The average molecular weight is 355 g/mol. The number of methoxy groups -OCH3 is 1. The SMILES string of the molecule is COc1ccc(CCNCCC(=O)Nc2ccc(NC(C)=O)cc2)cc1. The number of carbonyl (C=O) groups is 2. The Morgan fingerprint density at radius 1 is 0.885 bits per heavy atom. The molecule has 2 amide bonds. The number of anilines is 2. The van der Waals surface area contributed by atoms with Crippen LogP contribution in [-0.4, -0.2) is 32.0 Å². The second kappa shape index (κ2) is 10.2. The molecule has 0 aliphatic rings. The number of hydrogen-bond acceptors (Lipinski definition) is 4. The summed E-state index contributed by atoms with van der Waals surface area (Å²) in [6, 6.07) is 15.0. The molecule has 2 aromatic carbocycles. The Morgan fingerprint density at radius 3 is 2.08 bits per heavy atom. The summed E-state index contributed by atoms with van der Waals surface area (Å²) in [7, 11) is 1.65. The maximum atomic E-state index is 11.9. The average Bonchev–Trinajstić information content (AvgIpc) is 2.63. The molecule has 6 heteroatoms. The summed E-state index contributed by atoms with van der Waals surface area (Å²) in [5.74, 6) is 0.681. The van der Waals surface area contributed by atoms with E-state index < -0.39 is 0 Å². The highest BCUT2D eigenvalue weighted by Crippen LogP contribution is 2.14. The number of hydrogen-bond donors (Lipinski definition) is 3. The van der Waals surface area contributed by atoms with E-state index >= 15 is 0 Å². The van der Waals surface area contributed by atoms with Gasteiger partial charge in [-0.2, -0.15) is 0 Å². The molecular formula is C20H25N3O3. The standard InChI is InChI=1S/C20H25N3O3/c1-15(24)22-17-5-7-18(8-6-17)23-20(25)12-14-21-13-11-16-3-9-19(26-2)10-4-16/h3-10,21H,11-14H2,1-2H3,(H,22,24)(H,23,25). The van der Waals surface area contributed by atoms with Gasteiger partial charge in [0.15, 0.2) is 0 Å². The predicted octanol–water partition coefficient (Wildman–Crippen LogP) is 2.81. The van der Waals surface area contributed by atoms with Crippen molar-refractivity contribution < 1.29 is 14.3 Å². The highest BCUT2D eigenvalue weighted by molar-refractivity contribution is 5.92. The van der Waals surface area contributed by atoms with Crippen LogP contribution in [0.4, 0.5) is 11.4 Å². The van der Waals surface area contributed by atoms with Crippen LogP contribution < -0.4 is 20.7 Å². The molecule has 3 N–H and O–H groups in total. The van der Waals surface area contributed by atoms with E-state index in [1.165, 1.54) is 12.5 Å². The van der Waals surface area contributed by atoms with Gasteiger partial charge in [0.25, 0.3) is 0 Å². The lowest BCUT2D eigenvalue weighted by molar-refractivity contribution is -0.116. The zero-order chi connectivity index (χ0) is 18.8. The summed E-state index contributed by atoms with van der Waals surface area (Å²) in [5, 5.41) is 8.79. The minimum atomic E-state index is -0.123. The molecule has 0 saturated heterocycles. The number of ether oxygens (including phenoxy) is 1. The second-order valence-corrected chi connectivity index (χ2v) is 5.90. The lowest BCUT2D eigenvalue weighted by Crippen LogP contribution is -2.23. The number of rotatable bonds is 9. The van der Waals surface area contributed by atoms with E-state index in [0.717, 1.165) is 18.7 Å². The zero-order valence-corrected chi connectivity index (χ0v) is 15.2. The molecule has 0 radical (unpaired) electrons. The van der Waals surface area contributed by atoms with Crippen LogP contribution >= 0.6 is 0 Å². The molecule has 0 spiro atoms. The second-order valence-electron chi connectivity index (χ2n) is 5.90.